The summed E-state index contributed by atoms with van der Waals surface area (Å²) in [6.07, 6.45) is 4.82. The van der Waals surface area contributed by atoms with Gasteiger partial charge in [-0.05, 0) is 37.1 Å². The van der Waals surface area contributed by atoms with Crippen molar-refractivity contribution in [2.24, 2.45) is 5.92 Å². The van der Waals surface area contributed by atoms with Gasteiger partial charge in [0.05, 0.1) is 10.6 Å². The first-order chi connectivity index (χ1) is 10.1. The average Bonchev–Trinajstić information content (AvgIpc) is 3.10. The van der Waals surface area contributed by atoms with Crippen molar-refractivity contribution in [2.75, 3.05) is 0 Å². The number of thiophene rings is 1. The van der Waals surface area contributed by atoms with Gasteiger partial charge in [-0.25, -0.2) is 4.98 Å². The lowest BCUT2D eigenvalue weighted by atomic mass is 9.86. The monoisotopic (exact) mass is 320 g/mol. The summed E-state index contributed by atoms with van der Waals surface area (Å²) < 4.78 is 0. The molecule has 2 unspecified atom stereocenters. The highest BCUT2D eigenvalue weighted by atomic mass is 32.1. The summed E-state index contributed by atoms with van der Waals surface area (Å²) in [5.74, 6) is 0.624. The Morgan fingerprint density at radius 3 is 2.90 bits per heavy atom. The summed E-state index contributed by atoms with van der Waals surface area (Å²) in [6.45, 7) is 4.16. The maximum atomic E-state index is 12.5. The van der Waals surface area contributed by atoms with Gasteiger partial charge in [-0.15, -0.1) is 22.7 Å². The lowest BCUT2D eigenvalue weighted by molar-refractivity contribution is 0.0913. The molecule has 2 aromatic rings. The third-order valence-electron chi connectivity index (χ3n) is 4.16. The molecule has 2 atom stereocenters. The number of carbonyl (C=O) groups is 1. The van der Waals surface area contributed by atoms with Crippen LogP contribution in [0.15, 0.2) is 17.5 Å². The van der Waals surface area contributed by atoms with Crippen LogP contribution in [0.4, 0.5) is 0 Å². The molecule has 112 valence electrons. The van der Waals surface area contributed by atoms with Crippen molar-refractivity contribution in [3.63, 3.8) is 0 Å². The predicted octanol–water partition coefficient (Wildman–Crippen LogP) is 4.49. The Balaban J connectivity index is 1.75. The summed E-state index contributed by atoms with van der Waals surface area (Å²) in [4.78, 5) is 19.0. The van der Waals surface area contributed by atoms with Crippen molar-refractivity contribution in [1.82, 2.24) is 10.3 Å². The van der Waals surface area contributed by atoms with Gasteiger partial charge in [0, 0.05) is 6.04 Å². The molecule has 1 N–H and O–H groups in total. The number of nitrogens with one attached hydrogen (secondary N) is 1. The molecular formula is C16H20N2OS2. The Labute approximate surface area is 133 Å². The summed E-state index contributed by atoms with van der Waals surface area (Å²) in [7, 11) is 0. The zero-order valence-electron chi connectivity index (χ0n) is 12.4. The van der Waals surface area contributed by atoms with Crippen LogP contribution in [0.2, 0.25) is 0 Å². The fourth-order valence-corrected chi connectivity index (χ4v) is 4.64. The second-order valence-corrected chi connectivity index (χ2v) is 7.70. The smallest absolute Gasteiger partial charge is 0.263 e. The molecule has 3 rings (SSSR count). The number of aryl methyl sites for hydroxylation is 1. The first-order valence-corrected chi connectivity index (χ1v) is 9.17. The fourth-order valence-electron chi connectivity index (χ4n) is 2.88. The Kier molecular flexibility index (Phi) is 4.40. The van der Waals surface area contributed by atoms with Crippen molar-refractivity contribution in [3.8, 4) is 9.88 Å². The van der Waals surface area contributed by atoms with Crippen LogP contribution in [0.1, 0.15) is 48.0 Å². The van der Waals surface area contributed by atoms with Gasteiger partial charge in [-0.2, -0.15) is 0 Å². The minimum Gasteiger partial charge on any atom is -0.348 e. The second kappa shape index (κ2) is 6.28. The molecule has 0 radical (unpaired) electrons. The first kappa shape index (κ1) is 14.7. The molecule has 0 bridgehead atoms. The third-order valence-corrected chi connectivity index (χ3v) is 6.36. The summed E-state index contributed by atoms with van der Waals surface area (Å²) in [5.41, 5.74) is 0.837. The van der Waals surface area contributed by atoms with Gasteiger partial charge in [-0.1, -0.05) is 25.8 Å². The van der Waals surface area contributed by atoms with Crippen LogP contribution < -0.4 is 5.32 Å². The van der Waals surface area contributed by atoms with Gasteiger partial charge in [0.1, 0.15) is 9.88 Å². The molecule has 0 saturated heterocycles. The predicted molar refractivity (Wildman–Crippen MR) is 89.1 cm³/mol. The lowest BCUT2D eigenvalue weighted by Gasteiger charge is -2.29. The first-order valence-electron chi connectivity index (χ1n) is 7.47. The topological polar surface area (TPSA) is 42.0 Å². The summed E-state index contributed by atoms with van der Waals surface area (Å²) in [5, 5.41) is 6.20. The molecular weight excluding hydrogens is 300 g/mol. The molecule has 0 spiro atoms. The molecule has 1 saturated carbocycles. The molecule has 3 nitrogen and oxygen atoms in total. The highest BCUT2D eigenvalue weighted by Crippen LogP contribution is 2.31. The van der Waals surface area contributed by atoms with Crippen LogP contribution in [0.25, 0.3) is 9.88 Å². The van der Waals surface area contributed by atoms with Crippen molar-refractivity contribution < 1.29 is 4.79 Å². The van der Waals surface area contributed by atoms with Crippen LogP contribution in [-0.4, -0.2) is 16.9 Å². The highest BCUT2D eigenvalue weighted by molar-refractivity contribution is 7.22. The molecule has 2 heterocycles. The fraction of sp³-hybridized carbons (Fsp3) is 0.500. The van der Waals surface area contributed by atoms with E-state index in [4.69, 9.17) is 0 Å². The molecule has 5 heteroatoms. The van der Waals surface area contributed by atoms with E-state index in [9.17, 15) is 4.79 Å². The van der Waals surface area contributed by atoms with Gasteiger partial charge in [0.15, 0.2) is 0 Å². The van der Waals surface area contributed by atoms with Gasteiger partial charge in [-0.3, -0.25) is 4.79 Å². The van der Waals surface area contributed by atoms with Crippen molar-refractivity contribution in [1.29, 1.82) is 0 Å². The van der Waals surface area contributed by atoms with E-state index in [0.29, 0.717) is 12.0 Å². The van der Waals surface area contributed by atoms with Crippen LogP contribution in [-0.2, 0) is 0 Å². The number of carbonyl (C=O) groups excluding carboxylic acids is 1. The maximum Gasteiger partial charge on any atom is 0.263 e. The van der Waals surface area contributed by atoms with Crippen molar-refractivity contribution in [3.05, 3.63) is 28.1 Å². The van der Waals surface area contributed by atoms with Crippen molar-refractivity contribution in [2.45, 2.75) is 45.6 Å². The van der Waals surface area contributed by atoms with E-state index in [2.05, 4.69) is 17.2 Å². The minimum atomic E-state index is 0.0477. The second-order valence-electron chi connectivity index (χ2n) is 5.75. The van der Waals surface area contributed by atoms with E-state index in [1.54, 1.807) is 11.3 Å². The Bertz CT molecular complexity index is 618. The van der Waals surface area contributed by atoms with E-state index >= 15 is 0 Å². The Hall–Kier alpha value is -1.20. The van der Waals surface area contributed by atoms with Crippen LogP contribution in [0, 0.1) is 12.8 Å². The minimum absolute atomic E-state index is 0.0477. The SMILES string of the molecule is Cc1nc(-c2cccs2)sc1C(=O)NC1CCCCC1C. The van der Waals surface area contributed by atoms with Gasteiger partial charge < -0.3 is 5.32 Å². The van der Waals surface area contributed by atoms with Gasteiger partial charge in [0.25, 0.3) is 5.91 Å². The zero-order valence-corrected chi connectivity index (χ0v) is 14.0. The van der Waals surface area contributed by atoms with E-state index in [1.807, 2.05) is 24.4 Å². The number of thiazole rings is 1. The van der Waals surface area contributed by atoms with E-state index in [0.717, 1.165) is 26.9 Å². The molecule has 1 fully saturated rings. The van der Waals surface area contributed by atoms with E-state index in [1.165, 1.54) is 30.6 Å². The molecule has 0 aromatic carbocycles. The normalized spacial score (nSPS) is 22.2. The van der Waals surface area contributed by atoms with E-state index in [-0.39, 0.29) is 5.91 Å². The van der Waals surface area contributed by atoms with Crippen molar-refractivity contribution >= 4 is 28.6 Å². The average molecular weight is 320 g/mol. The number of aromatic nitrogens is 1. The Morgan fingerprint density at radius 2 is 2.19 bits per heavy atom. The van der Waals surface area contributed by atoms with Crippen LogP contribution in [0.3, 0.4) is 0 Å². The van der Waals surface area contributed by atoms with Gasteiger partial charge in [0.2, 0.25) is 0 Å². The zero-order chi connectivity index (χ0) is 14.8. The molecule has 1 aliphatic rings. The van der Waals surface area contributed by atoms with Crippen LogP contribution >= 0.6 is 22.7 Å². The highest BCUT2D eigenvalue weighted by Gasteiger charge is 2.25. The largest absolute Gasteiger partial charge is 0.348 e. The maximum absolute atomic E-state index is 12.5. The standard InChI is InChI=1S/C16H20N2OS2/c1-10-6-3-4-7-12(10)18-15(19)14-11(2)17-16(21-14)13-8-5-9-20-13/h5,8-10,12H,3-4,6-7H2,1-2H3,(H,18,19). The quantitative estimate of drug-likeness (QED) is 0.905. The number of rotatable bonds is 3. The summed E-state index contributed by atoms with van der Waals surface area (Å²) >= 11 is 3.16. The molecule has 1 aliphatic carbocycles. The van der Waals surface area contributed by atoms with E-state index < -0.39 is 0 Å². The number of nitrogens with zero attached hydrogens (tertiary/aromatic N) is 1. The molecule has 1 amide bonds. The Morgan fingerprint density at radius 1 is 1.38 bits per heavy atom. The van der Waals surface area contributed by atoms with Crippen LogP contribution in [0.5, 0.6) is 0 Å². The molecule has 0 aliphatic heterocycles. The number of hydrogen-bond donors (Lipinski definition) is 1. The molecule has 21 heavy (non-hydrogen) atoms. The molecule has 2 aromatic heterocycles. The number of hydrogen-bond acceptors (Lipinski definition) is 4. The lowest BCUT2D eigenvalue weighted by Crippen LogP contribution is -2.40. The summed E-state index contributed by atoms with van der Waals surface area (Å²) in [6, 6.07) is 4.38. The number of amides is 1. The van der Waals surface area contributed by atoms with Gasteiger partial charge >= 0.3 is 0 Å². The third kappa shape index (κ3) is 3.19.